The summed E-state index contributed by atoms with van der Waals surface area (Å²) in [5.74, 6) is 6.72. The zero-order valence-electron chi connectivity index (χ0n) is 13.2. The molecule has 0 fully saturated rings. The van der Waals surface area contributed by atoms with E-state index in [0.717, 1.165) is 11.3 Å². The van der Waals surface area contributed by atoms with Crippen LogP contribution in [0.25, 0.3) is 0 Å². The minimum Gasteiger partial charge on any atom is -0.491 e. The van der Waals surface area contributed by atoms with Crippen LogP contribution in [0.1, 0.15) is 42.1 Å². The number of aryl methyl sites for hydroxylation is 1. The first-order chi connectivity index (χ1) is 10.0. The largest absolute Gasteiger partial charge is 0.491 e. The van der Waals surface area contributed by atoms with Crippen molar-refractivity contribution in [1.82, 2.24) is 5.43 Å². The second kappa shape index (κ2) is 6.74. The molecule has 3 nitrogen and oxygen atoms in total. The molecule has 1 unspecified atom stereocenters. The van der Waals surface area contributed by atoms with Gasteiger partial charge in [0.15, 0.2) is 0 Å². The fraction of sp³-hybridized carbons (Fsp3) is 0.333. The third-order valence-electron chi connectivity index (χ3n) is 3.72. The summed E-state index contributed by atoms with van der Waals surface area (Å²) in [6, 6.07) is 14.3. The molecule has 0 aromatic heterocycles. The van der Waals surface area contributed by atoms with Crippen molar-refractivity contribution in [3.63, 3.8) is 0 Å². The van der Waals surface area contributed by atoms with Crippen molar-refractivity contribution < 1.29 is 4.74 Å². The van der Waals surface area contributed by atoms with Gasteiger partial charge in [-0.15, -0.1) is 0 Å². The van der Waals surface area contributed by atoms with Crippen LogP contribution in [0, 0.1) is 13.8 Å². The summed E-state index contributed by atoms with van der Waals surface area (Å²) in [6.07, 6.45) is 0.128. The van der Waals surface area contributed by atoms with Crippen LogP contribution in [0.5, 0.6) is 5.75 Å². The smallest absolute Gasteiger partial charge is 0.124 e. The second-order valence-electron chi connectivity index (χ2n) is 5.59. The summed E-state index contributed by atoms with van der Waals surface area (Å²) in [4.78, 5) is 0. The molecule has 2 aromatic carbocycles. The molecule has 112 valence electrons. The molecule has 0 aliphatic rings. The van der Waals surface area contributed by atoms with Gasteiger partial charge in [-0.25, -0.2) is 5.43 Å². The van der Waals surface area contributed by atoms with Gasteiger partial charge in [0.05, 0.1) is 12.1 Å². The van der Waals surface area contributed by atoms with Crippen molar-refractivity contribution >= 4 is 0 Å². The van der Waals surface area contributed by atoms with Crippen LogP contribution in [-0.4, -0.2) is 6.10 Å². The van der Waals surface area contributed by atoms with Crippen LogP contribution < -0.4 is 16.0 Å². The number of rotatable bonds is 5. The molecule has 2 rings (SSSR count). The average molecular weight is 284 g/mol. The van der Waals surface area contributed by atoms with Crippen molar-refractivity contribution in [2.45, 2.75) is 39.8 Å². The average Bonchev–Trinajstić information content (AvgIpc) is 2.45. The molecule has 0 aliphatic carbocycles. The van der Waals surface area contributed by atoms with Gasteiger partial charge < -0.3 is 4.74 Å². The van der Waals surface area contributed by atoms with E-state index >= 15 is 0 Å². The highest BCUT2D eigenvalue weighted by atomic mass is 16.5. The lowest BCUT2D eigenvalue weighted by atomic mass is 9.92. The number of nitrogens with one attached hydrogen (secondary N) is 1. The molecular weight excluding hydrogens is 260 g/mol. The van der Waals surface area contributed by atoms with E-state index in [1.54, 1.807) is 0 Å². The highest BCUT2D eigenvalue weighted by Crippen LogP contribution is 2.32. The Morgan fingerprint density at radius 1 is 0.952 bits per heavy atom. The number of benzene rings is 2. The first-order valence-electron chi connectivity index (χ1n) is 7.32. The molecule has 0 spiro atoms. The molecule has 21 heavy (non-hydrogen) atoms. The molecule has 1 atom stereocenters. The van der Waals surface area contributed by atoms with Crippen molar-refractivity contribution in [2.75, 3.05) is 0 Å². The first kappa shape index (κ1) is 15.5. The molecule has 2 aromatic rings. The lowest BCUT2D eigenvalue weighted by molar-refractivity contribution is 0.238. The van der Waals surface area contributed by atoms with E-state index in [2.05, 4.69) is 43.5 Å². The summed E-state index contributed by atoms with van der Waals surface area (Å²) in [6.45, 7) is 8.29. The molecule has 0 saturated heterocycles. The molecule has 0 saturated carbocycles. The van der Waals surface area contributed by atoms with E-state index in [1.165, 1.54) is 16.7 Å². The van der Waals surface area contributed by atoms with Crippen LogP contribution in [0.4, 0.5) is 0 Å². The Balaban J connectivity index is 2.49. The van der Waals surface area contributed by atoms with E-state index < -0.39 is 0 Å². The topological polar surface area (TPSA) is 47.3 Å². The van der Waals surface area contributed by atoms with Gasteiger partial charge in [-0.1, -0.05) is 36.4 Å². The minimum atomic E-state index is -0.0835. The van der Waals surface area contributed by atoms with E-state index in [-0.39, 0.29) is 12.1 Å². The maximum atomic E-state index is 5.92. The summed E-state index contributed by atoms with van der Waals surface area (Å²) >= 11 is 0. The van der Waals surface area contributed by atoms with Gasteiger partial charge >= 0.3 is 0 Å². The van der Waals surface area contributed by atoms with Crippen LogP contribution in [-0.2, 0) is 0 Å². The molecular formula is C18H24N2O. The Labute approximate surface area is 127 Å². The highest BCUT2D eigenvalue weighted by Gasteiger charge is 2.19. The monoisotopic (exact) mass is 284 g/mol. The summed E-state index contributed by atoms with van der Waals surface area (Å²) in [5.41, 5.74) is 7.68. The normalized spacial score (nSPS) is 12.5. The third kappa shape index (κ3) is 3.43. The first-order valence-corrected chi connectivity index (χ1v) is 7.32. The Morgan fingerprint density at radius 3 is 2.29 bits per heavy atom. The quantitative estimate of drug-likeness (QED) is 0.651. The van der Waals surface area contributed by atoms with E-state index in [9.17, 15) is 0 Å². The Kier molecular flexibility index (Phi) is 4.99. The molecule has 0 amide bonds. The van der Waals surface area contributed by atoms with Crippen molar-refractivity contribution in [3.8, 4) is 5.75 Å². The summed E-state index contributed by atoms with van der Waals surface area (Å²) < 4.78 is 5.92. The predicted molar refractivity (Wildman–Crippen MR) is 87.3 cm³/mol. The van der Waals surface area contributed by atoms with E-state index in [0.29, 0.717) is 0 Å². The molecule has 0 radical (unpaired) electrons. The molecule has 3 heteroatoms. The standard InChI is InChI=1S/C18H24N2O/c1-12(2)21-17-11-6-5-9-16(17)18(20-19)15-10-7-8-13(3)14(15)4/h5-12,18,20H,19H2,1-4H3. The van der Waals surface area contributed by atoms with Crippen molar-refractivity contribution in [1.29, 1.82) is 0 Å². The Hall–Kier alpha value is -1.84. The number of hydrazine groups is 1. The SMILES string of the molecule is Cc1cccc(C(NN)c2ccccc2OC(C)C)c1C. The number of para-hydroxylation sites is 1. The Morgan fingerprint density at radius 2 is 1.62 bits per heavy atom. The van der Waals surface area contributed by atoms with Gasteiger partial charge in [-0.05, 0) is 50.5 Å². The molecule has 0 bridgehead atoms. The van der Waals surface area contributed by atoms with Gasteiger partial charge in [0.1, 0.15) is 5.75 Å². The Bertz CT molecular complexity index is 608. The minimum absolute atomic E-state index is 0.0835. The van der Waals surface area contributed by atoms with E-state index in [4.69, 9.17) is 10.6 Å². The highest BCUT2D eigenvalue weighted by molar-refractivity contribution is 5.45. The summed E-state index contributed by atoms with van der Waals surface area (Å²) in [7, 11) is 0. The molecule has 3 N–H and O–H groups in total. The molecule has 0 aliphatic heterocycles. The fourth-order valence-electron chi connectivity index (χ4n) is 2.51. The van der Waals surface area contributed by atoms with E-state index in [1.807, 2.05) is 32.0 Å². The van der Waals surface area contributed by atoms with Gasteiger partial charge in [0.25, 0.3) is 0 Å². The van der Waals surface area contributed by atoms with Crippen molar-refractivity contribution in [2.24, 2.45) is 5.84 Å². The number of hydrogen-bond donors (Lipinski definition) is 2. The predicted octanol–water partition coefficient (Wildman–Crippen LogP) is 3.64. The third-order valence-corrected chi connectivity index (χ3v) is 3.72. The van der Waals surface area contributed by atoms with Gasteiger partial charge in [-0.3, -0.25) is 5.84 Å². The lowest BCUT2D eigenvalue weighted by Crippen LogP contribution is -2.30. The second-order valence-corrected chi connectivity index (χ2v) is 5.59. The summed E-state index contributed by atoms with van der Waals surface area (Å²) in [5, 5.41) is 0. The van der Waals surface area contributed by atoms with Crippen LogP contribution in [0.2, 0.25) is 0 Å². The maximum Gasteiger partial charge on any atom is 0.124 e. The van der Waals surface area contributed by atoms with Crippen LogP contribution >= 0.6 is 0 Å². The van der Waals surface area contributed by atoms with Crippen LogP contribution in [0.15, 0.2) is 42.5 Å². The number of ether oxygens (including phenoxy) is 1. The lowest BCUT2D eigenvalue weighted by Gasteiger charge is -2.23. The maximum absolute atomic E-state index is 5.92. The number of nitrogens with two attached hydrogens (primary N) is 1. The zero-order valence-corrected chi connectivity index (χ0v) is 13.2. The molecule has 0 heterocycles. The number of hydrogen-bond acceptors (Lipinski definition) is 3. The van der Waals surface area contributed by atoms with Gasteiger partial charge in [0.2, 0.25) is 0 Å². The van der Waals surface area contributed by atoms with Crippen LogP contribution in [0.3, 0.4) is 0 Å². The fourth-order valence-corrected chi connectivity index (χ4v) is 2.51. The van der Waals surface area contributed by atoms with Crippen molar-refractivity contribution in [3.05, 3.63) is 64.7 Å². The van der Waals surface area contributed by atoms with Gasteiger partial charge in [-0.2, -0.15) is 0 Å². The van der Waals surface area contributed by atoms with Gasteiger partial charge in [0, 0.05) is 5.56 Å². The zero-order chi connectivity index (χ0) is 15.4.